The van der Waals surface area contributed by atoms with Crippen LogP contribution in [0.3, 0.4) is 0 Å². The number of rotatable bonds is 1. The molecule has 3 nitrogen and oxygen atoms in total. The smallest absolute Gasteiger partial charge is 0.306 e. The van der Waals surface area contributed by atoms with Gasteiger partial charge >= 0.3 is 5.97 Å². The van der Waals surface area contributed by atoms with Crippen LogP contribution in [-0.2, 0) is 14.3 Å². The van der Waals surface area contributed by atoms with Gasteiger partial charge in [0.25, 0.3) is 0 Å². The molecule has 1 saturated heterocycles. The Morgan fingerprint density at radius 1 is 1.14 bits per heavy atom. The Hall–Kier alpha value is -1.12. The van der Waals surface area contributed by atoms with E-state index in [0.29, 0.717) is 30.0 Å². The van der Waals surface area contributed by atoms with E-state index in [9.17, 15) is 9.59 Å². The molecule has 6 aliphatic rings. The van der Waals surface area contributed by atoms with Gasteiger partial charge in [0.15, 0.2) is 5.78 Å². The highest BCUT2D eigenvalue weighted by Crippen LogP contribution is 2.77. The van der Waals surface area contributed by atoms with Crippen LogP contribution in [0.25, 0.3) is 0 Å². The molecule has 3 heteroatoms. The highest BCUT2D eigenvalue weighted by molar-refractivity contribution is 5.92. The van der Waals surface area contributed by atoms with E-state index < -0.39 is 0 Å². The maximum Gasteiger partial charge on any atom is 0.306 e. The topological polar surface area (TPSA) is 43.4 Å². The molecule has 3 unspecified atom stereocenters. The number of carbonyl (C=O) groups excluding carboxylic acids is 2. The molecule has 152 valence electrons. The van der Waals surface area contributed by atoms with Gasteiger partial charge in [-0.2, -0.15) is 0 Å². The normalized spacial score (nSPS) is 56.5. The van der Waals surface area contributed by atoms with Gasteiger partial charge in [0.1, 0.15) is 5.60 Å². The fraction of sp³-hybridized carbons (Fsp3) is 0.840. The summed E-state index contributed by atoms with van der Waals surface area (Å²) in [4.78, 5) is 24.4. The summed E-state index contributed by atoms with van der Waals surface area (Å²) in [5.41, 5.74) is 1.71. The lowest BCUT2D eigenvalue weighted by molar-refractivity contribution is -0.169. The lowest BCUT2D eigenvalue weighted by Crippen LogP contribution is -2.56. The molecule has 0 aromatic heterocycles. The zero-order valence-electron chi connectivity index (χ0n) is 17.6. The van der Waals surface area contributed by atoms with Crippen molar-refractivity contribution < 1.29 is 14.3 Å². The van der Waals surface area contributed by atoms with Gasteiger partial charge in [0.05, 0.1) is 0 Å². The number of hydrogen-bond acceptors (Lipinski definition) is 3. The van der Waals surface area contributed by atoms with Crippen molar-refractivity contribution in [3.63, 3.8) is 0 Å². The second-order valence-electron chi connectivity index (χ2n) is 11.5. The van der Waals surface area contributed by atoms with Crippen LogP contribution in [0.5, 0.6) is 0 Å². The molecule has 0 aromatic rings. The number of ketones is 1. The van der Waals surface area contributed by atoms with Crippen molar-refractivity contribution in [3.8, 4) is 0 Å². The second-order valence-corrected chi connectivity index (χ2v) is 11.5. The lowest BCUT2D eigenvalue weighted by Gasteiger charge is -2.59. The quantitative estimate of drug-likeness (QED) is 0.594. The average Bonchev–Trinajstić information content (AvgIpc) is 3.31. The largest absolute Gasteiger partial charge is 0.458 e. The predicted octanol–water partition coefficient (Wildman–Crippen LogP) is 5.09. The third-order valence-corrected chi connectivity index (χ3v) is 10.7. The molecule has 28 heavy (non-hydrogen) atoms. The summed E-state index contributed by atoms with van der Waals surface area (Å²) in [6.45, 7) is 7.32. The van der Waals surface area contributed by atoms with Gasteiger partial charge in [-0.05, 0) is 85.5 Å². The van der Waals surface area contributed by atoms with Crippen molar-refractivity contribution in [2.45, 2.75) is 84.2 Å². The Kier molecular flexibility index (Phi) is 3.37. The first-order valence-corrected chi connectivity index (χ1v) is 11.8. The van der Waals surface area contributed by atoms with Gasteiger partial charge in [0, 0.05) is 18.3 Å². The molecule has 5 aliphatic carbocycles. The van der Waals surface area contributed by atoms with Crippen LogP contribution in [0.15, 0.2) is 11.6 Å². The van der Waals surface area contributed by atoms with Crippen LogP contribution in [0.1, 0.15) is 78.6 Å². The molecule has 6 rings (SSSR count). The number of allylic oxidation sites excluding steroid dienone is 1. The minimum atomic E-state index is -0.190. The molecule has 0 radical (unpaired) electrons. The molecule has 4 saturated carbocycles. The maximum absolute atomic E-state index is 12.2. The molecule has 0 amide bonds. The number of ether oxygens (including phenoxy) is 1. The van der Waals surface area contributed by atoms with E-state index in [4.69, 9.17) is 4.74 Å². The van der Waals surface area contributed by atoms with Crippen LogP contribution < -0.4 is 0 Å². The molecule has 1 aliphatic heterocycles. The van der Waals surface area contributed by atoms with E-state index in [0.717, 1.165) is 43.4 Å². The van der Waals surface area contributed by atoms with Crippen molar-refractivity contribution in [1.29, 1.82) is 0 Å². The summed E-state index contributed by atoms with van der Waals surface area (Å²) < 4.78 is 6.19. The molecular formula is C25H34O3. The first kappa shape index (κ1) is 17.7. The second kappa shape index (κ2) is 5.32. The summed E-state index contributed by atoms with van der Waals surface area (Å²) in [5, 5.41) is 0. The number of carbonyl (C=O) groups is 2. The molecule has 5 fully saturated rings. The average molecular weight is 383 g/mol. The van der Waals surface area contributed by atoms with Crippen molar-refractivity contribution >= 4 is 11.8 Å². The van der Waals surface area contributed by atoms with Crippen molar-refractivity contribution in [2.24, 2.45) is 46.3 Å². The maximum atomic E-state index is 12.2. The summed E-state index contributed by atoms with van der Waals surface area (Å²) in [6, 6.07) is 0. The van der Waals surface area contributed by atoms with Crippen LogP contribution in [0, 0.1) is 46.3 Å². The number of esters is 1. The van der Waals surface area contributed by atoms with Gasteiger partial charge in [-0.25, -0.2) is 0 Å². The van der Waals surface area contributed by atoms with E-state index in [1.807, 2.05) is 0 Å². The van der Waals surface area contributed by atoms with Crippen molar-refractivity contribution in [3.05, 3.63) is 11.6 Å². The van der Waals surface area contributed by atoms with Gasteiger partial charge in [-0.3, -0.25) is 9.59 Å². The van der Waals surface area contributed by atoms with E-state index in [1.54, 1.807) is 0 Å². The minimum absolute atomic E-state index is 0.0368. The van der Waals surface area contributed by atoms with Crippen molar-refractivity contribution in [1.82, 2.24) is 0 Å². The zero-order valence-corrected chi connectivity index (χ0v) is 17.6. The number of hydrogen-bond donors (Lipinski definition) is 0. The monoisotopic (exact) mass is 382 g/mol. The summed E-state index contributed by atoms with van der Waals surface area (Å²) >= 11 is 0. The molecular weight excluding hydrogens is 348 g/mol. The third-order valence-electron chi connectivity index (χ3n) is 10.7. The van der Waals surface area contributed by atoms with E-state index >= 15 is 0 Å². The fourth-order valence-corrected chi connectivity index (χ4v) is 9.38. The molecule has 0 bridgehead atoms. The third kappa shape index (κ3) is 1.92. The standard InChI is InChI=1S/C25H34O3/c1-4-14-13-25(10-7-20(27)28-25)24(3)9-6-18-21(22(14)24)17-12-16(17)19-11-15(26)5-8-23(18,19)2/h11,14,16-18,21-22H,4-10,12-13H2,1-3H3/t14-,16-,17+,18?,21?,22?,23-,24+,25+/m1/s1. The molecule has 1 spiro atoms. The summed E-state index contributed by atoms with van der Waals surface area (Å²) in [7, 11) is 0. The highest BCUT2D eigenvalue weighted by Gasteiger charge is 2.73. The molecule has 9 atom stereocenters. The Morgan fingerprint density at radius 2 is 1.96 bits per heavy atom. The Labute approximate surface area is 168 Å². The fourth-order valence-electron chi connectivity index (χ4n) is 9.38. The number of fused-ring (bicyclic) bond motifs is 9. The molecule has 1 heterocycles. The van der Waals surface area contributed by atoms with Gasteiger partial charge < -0.3 is 4.74 Å². The van der Waals surface area contributed by atoms with Crippen LogP contribution in [-0.4, -0.2) is 17.4 Å². The van der Waals surface area contributed by atoms with Gasteiger partial charge in [-0.1, -0.05) is 32.8 Å². The lowest BCUT2D eigenvalue weighted by atomic mass is 9.45. The van der Waals surface area contributed by atoms with Crippen LogP contribution in [0.2, 0.25) is 0 Å². The van der Waals surface area contributed by atoms with Crippen molar-refractivity contribution in [2.75, 3.05) is 0 Å². The van der Waals surface area contributed by atoms with Gasteiger partial charge in [0.2, 0.25) is 0 Å². The highest BCUT2D eigenvalue weighted by atomic mass is 16.6. The first-order chi connectivity index (χ1) is 13.3. The van der Waals surface area contributed by atoms with E-state index in [-0.39, 0.29) is 22.4 Å². The van der Waals surface area contributed by atoms with Gasteiger partial charge in [-0.15, -0.1) is 0 Å². The summed E-state index contributed by atoms with van der Waals surface area (Å²) in [6.07, 6.45) is 11.4. The van der Waals surface area contributed by atoms with Crippen LogP contribution >= 0.6 is 0 Å². The molecule has 0 N–H and O–H groups in total. The van der Waals surface area contributed by atoms with E-state index in [1.165, 1.54) is 31.3 Å². The zero-order chi connectivity index (χ0) is 19.5. The summed E-state index contributed by atoms with van der Waals surface area (Å²) in [5.74, 6) is 4.70. The molecule has 0 aromatic carbocycles. The Balaban J connectivity index is 1.44. The Bertz CT molecular complexity index is 798. The Morgan fingerprint density at radius 3 is 2.68 bits per heavy atom. The van der Waals surface area contributed by atoms with E-state index in [2.05, 4.69) is 26.8 Å². The van der Waals surface area contributed by atoms with Crippen LogP contribution in [0.4, 0.5) is 0 Å². The first-order valence-electron chi connectivity index (χ1n) is 11.8. The minimum Gasteiger partial charge on any atom is -0.458 e. The SMILES string of the molecule is CC[C@@H]1C[C@@]2(CCC(=O)O2)[C@@]2(C)CCC3C(C12)[C@H]1C[C@H]1C1=CC(=O)CC[C@@]13C. The predicted molar refractivity (Wildman–Crippen MR) is 106 cm³/mol.